The highest BCUT2D eigenvalue weighted by atomic mass is 32.1. The molecule has 0 spiro atoms. The molecule has 1 amide bonds. The fraction of sp³-hybridized carbons (Fsp3) is 0.643. The highest BCUT2D eigenvalue weighted by molar-refractivity contribution is 7.14. The summed E-state index contributed by atoms with van der Waals surface area (Å²) in [5, 5.41) is 0. The molecule has 6 heteroatoms. The van der Waals surface area contributed by atoms with Crippen LogP contribution in [-0.2, 0) is 6.54 Å². The van der Waals surface area contributed by atoms with Crippen molar-refractivity contribution in [1.82, 2.24) is 15.2 Å². The minimum Gasteiger partial charge on any atom is -0.300 e. The van der Waals surface area contributed by atoms with Gasteiger partial charge in [0.15, 0.2) is 0 Å². The minimum absolute atomic E-state index is 0.211. The number of nitrogens with one attached hydrogen (secondary N) is 1. The Bertz CT molecular complexity index is 448. The number of nitrogens with two attached hydrogens (primary N) is 1. The van der Waals surface area contributed by atoms with Gasteiger partial charge in [-0.25, -0.2) is 5.84 Å². The third-order valence-electron chi connectivity index (χ3n) is 3.87. The molecule has 3 N–H and O–H groups in total. The quantitative estimate of drug-likeness (QED) is 0.471. The molecule has 5 nitrogen and oxygen atoms in total. The van der Waals surface area contributed by atoms with Gasteiger partial charge in [-0.05, 0) is 45.1 Å². The summed E-state index contributed by atoms with van der Waals surface area (Å²) in [7, 11) is 2.15. The van der Waals surface area contributed by atoms with Gasteiger partial charge in [0.1, 0.15) is 0 Å². The van der Waals surface area contributed by atoms with Crippen molar-refractivity contribution in [3.63, 3.8) is 0 Å². The van der Waals surface area contributed by atoms with Crippen molar-refractivity contribution in [2.45, 2.75) is 32.4 Å². The van der Waals surface area contributed by atoms with Gasteiger partial charge >= 0.3 is 0 Å². The predicted octanol–water partition coefficient (Wildman–Crippen LogP) is 1.27. The molecular formula is C14H24N4OS. The summed E-state index contributed by atoms with van der Waals surface area (Å²) in [6, 6.07) is 4.53. The first kappa shape index (κ1) is 15.4. The van der Waals surface area contributed by atoms with E-state index >= 15 is 0 Å². The molecular weight excluding hydrogens is 272 g/mol. The van der Waals surface area contributed by atoms with E-state index in [1.54, 1.807) is 0 Å². The van der Waals surface area contributed by atoms with E-state index in [4.69, 9.17) is 5.84 Å². The largest absolute Gasteiger partial charge is 0.300 e. The van der Waals surface area contributed by atoms with E-state index < -0.39 is 0 Å². The van der Waals surface area contributed by atoms with Crippen molar-refractivity contribution in [3.8, 4) is 0 Å². The molecule has 2 heterocycles. The fourth-order valence-corrected chi connectivity index (χ4v) is 3.86. The van der Waals surface area contributed by atoms with Crippen molar-refractivity contribution < 1.29 is 4.79 Å². The van der Waals surface area contributed by atoms with Crippen LogP contribution in [0.5, 0.6) is 0 Å². The van der Waals surface area contributed by atoms with Crippen LogP contribution >= 0.6 is 11.3 Å². The fourth-order valence-electron chi connectivity index (χ4n) is 2.86. The van der Waals surface area contributed by atoms with E-state index in [-0.39, 0.29) is 5.91 Å². The lowest BCUT2D eigenvalue weighted by atomic mass is 10.2. The Morgan fingerprint density at radius 3 is 3.10 bits per heavy atom. The van der Waals surface area contributed by atoms with Crippen LogP contribution in [0.3, 0.4) is 0 Å². The van der Waals surface area contributed by atoms with Crippen molar-refractivity contribution >= 4 is 17.2 Å². The van der Waals surface area contributed by atoms with Crippen LogP contribution < -0.4 is 11.3 Å². The van der Waals surface area contributed by atoms with Gasteiger partial charge in [-0.2, -0.15) is 0 Å². The van der Waals surface area contributed by atoms with Crippen LogP contribution in [-0.4, -0.2) is 48.4 Å². The number of rotatable bonds is 6. The summed E-state index contributed by atoms with van der Waals surface area (Å²) in [6.45, 7) is 6.57. The lowest BCUT2D eigenvalue weighted by molar-refractivity contribution is 0.0957. The van der Waals surface area contributed by atoms with Gasteiger partial charge in [-0.3, -0.25) is 20.0 Å². The van der Waals surface area contributed by atoms with E-state index in [1.807, 2.05) is 12.1 Å². The van der Waals surface area contributed by atoms with Gasteiger partial charge < -0.3 is 0 Å². The number of nitrogen functional groups attached to an aromatic ring is 1. The molecule has 0 radical (unpaired) electrons. The maximum Gasteiger partial charge on any atom is 0.275 e. The zero-order chi connectivity index (χ0) is 14.5. The molecule has 2 rings (SSSR count). The zero-order valence-electron chi connectivity index (χ0n) is 12.3. The maximum atomic E-state index is 11.4. The van der Waals surface area contributed by atoms with Crippen molar-refractivity contribution in [2.24, 2.45) is 5.84 Å². The van der Waals surface area contributed by atoms with Crippen molar-refractivity contribution in [2.75, 3.05) is 26.7 Å². The molecule has 0 aliphatic carbocycles. The first-order chi connectivity index (χ1) is 9.63. The van der Waals surface area contributed by atoms with Crippen molar-refractivity contribution in [3.05, 3.63) is 21.9 Å². The molecule has 1 aromatic rings. The molecule has 1 aromatic heterocycles. The number of amides is 1. The van der Waals surface area contributed by atoms with Gasteiger partial charge in [-0.15, -0.1) is 11.3 Å². The Morgan fingerprint density at radius 2 is 2.40 bits per heavy atom. The summed E-state index contributed by atoms with van der Waals surface area (Å²) in [5.74, 6) is 4.93. The molecule has 1 atom stereocenters. The lowest BCUT2D eigenvalue weighted by Gasteiger charge is -2.27. The number of hydrazine groups is 1. The number of carbonyl (C=O) groups is 1. The van der Waals surface area contributed by atoms with Gasteiger partial charge in [0.25, 0.3) is 5.91 Å². The molecule has 112 valence electrons. The van der Waals surface area contributed by atoms with Gasteiger partial charge in [0, 0.05) is 24.0 Å². The van der Waals surface area contributed by atoms with Crippen LogP contribution in [0.1, 0.15) is 34.3 Å². The molecule has 0 aromatic carbocycles. The van der Waals surface area contributed by atoms with Crippen LogP contribution in [0.4, 0.5) is 0 Å². The summed E-state index contributed by atoms with van der Waals surface area (Å²) in [5.41, 5.74) is 2.17. The summed E-state index contributed by atoms with van der Waals surface area (Å²) >= 11 is 1.51. The number of thiophene rings is 1. The first-order valence-electron chi connectivity index (χ1n) is 7.16. The number of nitrogens with zero attached hydrogens (tertiary/aromatic N) is 2. The molecule has 20 heavy (non-hydrogen) atoms. The average molecular weight is 296 g/mol. The van der Waals surface area contributed by atoms with E-state index in [9.17, 15) is 4.79 Å². The molecule has 1 unspecified atom stereocenters. The molecule has 0 saturated carbocycles. The Kier molecular flexibility index (Phi) is 5.54. The van der Waals surface area contributed by atoms with Crippen molar-refractivity contribution in [1.29, 1.82) is 0 Å². The number of hydrogen-bond acceptors (Lipinski definition) is 5. The molecule has 1 fully saturated rings. The Hall–Kier alpha value is -0.950. The second-order valence-electron chi connectivity index (χ2n) is 5.36. The van der Waals surface area contributed by atoms with E-state index in [1.165, 1.54) is 35.6 Å². The average Bonchev–Trinajstić information content (AvgIpc) is 3.06. The Balaban J connectivity index is 1.86. The number of hydrogen-bond donors (Lipinski definition) is 2. The predicted molar refractivity (Wildman–Crippen MR) is 82.6 cm³/mol. The first-order valence-corrected chi connectivity index (χ1v) is 7.98. The SMILES string of the molecule is CCN1CCCC1CN(C)Cc1ccc(C(=O)NN)s1. The lowest BCUT2D eigenvalue weighted by Crippen LogP contribution is -2.38. The summed E-state index contributed by atoms with van der Waals surface area (Å²) in [6.07, 6.45) is 2.61. The smallest absolute Gasteiger partial charge is 0.275 e. The Labute approximate surface area is 124 Å². The third kappa shape index (κ3) is 3.79. The Morgan fingerprint density at radius 1 is 1.60 bits per heavy atom. The highest BCUT2D eigenvalue weighted by Crippen LogP contribution is 2.20. The maximum absolute atomic E-state index is 11.4. The number of likely N-dealkylation sites (tertiary alicyclic amines) is 1. The van der Waals surface area contributed by atoms with E-state index in [2.05, 4.69) is 29.2 Å². The second kappa shape index (κ2) is 7.17. The summed E-state index contributed by atoms with van der Waals surface area (Å²) < 4.78 is 0. The normalized spacial score (nSPS) is 19.7. The molecule has 0 bridgehead atoms. The second-order valence-corrected chi connectivity index (χ2v) is 6.53. The zero-order valence-corrected chi connectivity index (χ0v) is 13.1. The number of carbonyl (C=O) groups excluding carboxylic acids is 1. The van der Waals surface area contributed by atoms with Crippen LogP contribution in [0, 0.1) is 0 Å². The standard InChI is InChI=1S/C14H24N4OS/c1-3-18-8-4-5-11(18)9-17(2)10-12-6-7-13(20-12)14(19)16-15/h6-7,11H,3-5,8-10,15H2,1-2H3,(H,16,19). The minimum atomic E-state index is -0.211. The van der Waals surface area contributed by atoms with Gasteiger partial charge in [0.2, 0.25) is 0 Å². The summed E-state index contributed by atoms with van der Waals surface area (Å²) in [4.78, 5) is 18.2. The monoisotopic (exact) mass is 296 g/mol. The highest BCUT2D eigenvalue weighted by Gasteiger charge is 2.24. The van der Waals surface area contributed by atoms with Crippen LogP contribution in [0.2, 0.25) is 0 Å². The van der Waals surface area contributed by atoms with Gasteiger partial charge in [0.05, 0.1) is 4.88 Å². The van der Waals surface area contributed by atoms with Crippen LogP contribution in [0.15, 0.2) is 12.1 Å². The van der Waals surface area contributed by atoms with Crippen LogP contribution in [0.25, 0.3) is 0 Å². The third-order valence-corrected chi connectivity index (χ3v) is 4.94. The van der Waals surface area contributed by atoms with Gasteiger partial charge in [-0.1, -0.05) is 6.92 Å². The topological polar surface area (TPSA) is 61.6 Å². The molecule has 1 aliphatic rings. The van der Waals surface area contributed by atoms with E-state index in [0.717, 1.165) is 19.6 Å². The molecule has 1 saturated heterocycles. The molecule has 1 aliphatic heterocycles. The van der Waals surface area contributed by atoms with E-state index in [0.29, 0.717) is 10.9 Å². The number of likely N-dealkylation sites (N-methyl/N-ethyl adjacent to an activating group) is 2.